The lowest BCUT2D eigenvalue weighted by molar-refractivity contribution is -0.114. The Labute approximate surface area is 147 Å². The minimum absolute atomic E-state index is 0.0768. The Morgan fingerprint density at radius 3 is 2.36 bits per heavy atom. The van der Waals surface area contributed by atoms with Crippen LogP contribution in [0.15, 0.2) is 48.5 Å². The monoisotopic (exact) mass is 341 g/mol. The topological polar surface area (TPSA) is 79.5 Å². The highest BCUT2D eigenvalue weighted by atomic mass is 16.5. The maximum atomic E-state index is 12.1. The second kappa shape index (κ2) is 8.73. The lowest BCUT2D eigenvalue weighted by Crippen LogP contribution is -2.30. The van der Waals surface area contributed by atoms with E-state index in [1.807, 2.05) is 38.1 Å². The highest BCUT2D eigenvalue weighted by molar-refractivity contribution is 5.96. The number of ether oxygens (including phenoxy) is 1. The van der Waals surface area contributed by atoms with Gasteiger partial charge in [-0.1, -0.05) is 12.1 Å². The largest absolute Gasteiger partial charge is 0.495 e. The molecule has 6 nitrogen and oxygen atoms in total. The summed E-state index contributed by atoms with van der Waals surface area (Å²) in [7, 11) is 1.58. The van der Waals surface area contributed by atoms with Crippen LogP contribution in [0, 0.1) is 0 Å². The quantitative estimate of drug-likeness (QED) is 0.723. The molecule has 0 aliphatic heterocycles. The van der Waals surface area contributed by atoms with Gasteiger partial charge in [0.2, 0.25) is 5.91 Å². The molecule has 0 aliphatic carbocycles. The maximum absolute atomic E-state index is 12.1. The van der Waals surface area contributed by atoms with E-state index in [1.54, 1.807) is 31.4 Å². The average Bonchev–Trinajstić information content (AvgIpc) is 2.60. The summed E-state index contributed by atoms with van der Waals surface area (Å²) in [4.78, 5) is 23.9. The highest BCUT2D eigenvalue weighted by Gasteiger charge is 2.08. The second-order valence-electron chi connectivity index (χ2n) is 5.81. The van der Waals surface area contributed by atoms with E-state index in [4.69, 9.17) is 4.74 Å². The van der Waals surface area contributed by atoms with Gasteiger partial charge in [-0.2, -0.15) is 0 Å². The van der Waals surface area contributed by atoms with Crippen LogP contribution in [0.5, 0.6) is 5.75 Å². The lowest BCUT2D eigenvalue weighted by atomic mass is 10.2. The molecule has 2 aromatic rings. The van der Waals surface area contributed by atoms with E-state index >= 15 is 0 Å². The normalized spacial score (nSPS) is 10.2. The first-order valence-corrected chi connectivity index (χ1v) is 8.07. The van der Waals surface area contributed by atoms with Crippen molar-refractivity contribution in [2.75, 3.05) is 24.3 Å². The molecule has 0 fully saturated rings. The fourth-order valence-corrected chi connectivity index (χ4v) is 2.22. The van der Waals surface area contributed by atoms with Crippen LogP contribution >= 0.6 is 0 Å². The summed E-state index contributed by atoms with van der Waals surface area (Å²) < 4.78 is 5.23. The number of carbonyl (C=O) groups excluding carboxylic acids is 2. The average molecular weight is 341 g/mol. The van der Waals surface area contributed by atoms with Gasteiger partial charge in [-0.3, -0.25) is 9.59 Å². The van der Waals surface area contributed by atoms with Crippen molar-refractivity contribution in [2.45, 2.75) is 19.9 Å². The lowest BCUT2D eigenvalue weighted by Gasteiger charge is -2.11. The van der Waals surface area contributed by atoms with Gasteiger partial charge in [-0.15, -0.1) is 0 Å². The number of nitrogens with one attached hydrogen (secondary N) is 3. The molecule has 0 spiro atoms. The number of carbonyl (C=O) groups is 2. The molecule has 2 aromatic carbocycles. The van der Waals surface area contributed by atoms with Gasteiger partial charge in [-0.05, 0) is 50.2 Å². The van der Waals surface area contributed by atoms with E-state index in [9.17, 15) is 9.59 Å². The Morgan fingerprint density at radius 1 is 1.04 bits per heavy atom. The van der Waals surface area contributed by atoms with E-state index in [0.717, 1.165) is 5.69 Å². The third-order valence-corrected chi connectivity index (χ3v) is 3.40. The molecule has 0 atom stereocenters. The van der Waals surface area contributed by atoms with Crippen molar-refractivity contribution in [3.63, 3.8) is 0 Å². The van der Waals surface area contributed by atoms with Gasteiger partial charge in [0.1, 0.15) is 5.75 Å². The van der Waals surface area contributed by atoms with Gasteiger partial charge in [-0.25, -0.2) is 0 Å². The number of hydrogen-bond acceptors (Lipinski definition) is 4. The first kappa shape index (κ1) is 18.3. The zero-order valence-electron chi connectivity index (χ0n) is 14.6. The molecule has 0 saturated heterocycles. The van der Waals surface area contributed by atoms with Gasteiger partial charge in [0.25, 0.3) is 5.91 Å². The van der Waals surface area contributed by atoms with Gasteiger partial charge in [0.05, 0.1) is 19.3 Å². The summed E-state index contributed by atoms with van der Waals surface area (Å²) in [5.74, 6) is 0.354. The van der Waals surface area contributed by atoms with Crippen LogP contribution in [0.3, 0.4) is 0 Å². The molecule has 0 saturated carbocycles. The van der Waals surface area contributed by atoms with E-state index in [2.05, 4.69) is 16.0 Å². The minimum atomic E-state index is -0.190. The molecule has 2 amide bonds. The molecule has 0 radical (unpaired) electrons. The smallest absolute Gasteiger partial charge is 0.251 e. The molecule has 0 bridgehead atoms. The number of amides is 2. The molecule has 0 heterocycles. The van der Waals surface area contributed by atoms with Crippen LogP contribution in [-0.2, 0) is 4.79 Å². The standard InChI is InChI=1S/C19H23N3O3/c1-13(2)21-19(24)14-8-10-15(11-9-14)22-18(23)12-20-16-6-4-5-7-17(16)25-3/h4-11,13,20H,12H2,1-3H3,(H,21,24)(H,22,23). The van der Waals surface area contributed by atoms with Crippen molar-refractivity contribution >= 4 is 23.2 Å². The number of methoxy groups -OCH3 is 1. The van der Waals surface area contributed by atoms with Gasteiger partial charge < -0.3 is 20.7 Å². The summed E-state index contributed by atoms with van der Waals surface area (Å²) in [5.41, 5.74) is 1.94. The predicted molar refractivity (Wildman–Crippen MR) is 99.2 cm³/mol. The molecule has 2 rings (SSSR count). The number of benzene rings is 2. The predicted octanol–water partition coefficient (Wildman–Crippen LogP) is 2.88. The molecule has 3 N–H and O–H groups in total. The van der Waals surface area contributed by atoms with Gasteiger partial charge >= 0.3 is 0 Å². The first-order chi connectivity index (χ1) is 12.0. The Hall–Kier alpha value is -3.02. The molecule has 0 unspecified atom stereocenters. The Bertz CT molecular complexity index is 727. The first-order valence-electron chi connectivity index (χ1n) is 8.07. The zero-order valence-corrected chi connectivity index (χ0v) is 14.6. The fraction of sp³-hybridized carbons (Fsp3) is 0.263. The zero-order chi connectivity index (χ0) is 18.2. The SMILES string of the molecule is COc1ccccc1NCC(=O)Nc1ccc(C(=O)NC(C)C)cc1. The third-order valence-electron chi connectivity index (χ3n) is 3.40. The summed E-state index contributed by atoms with van der Waals surface area (Å²) in [6.07, 6.45) is 0. The van der Waals surface area contributed by atoms with Crippen molar-refractivity contribution in [1.82, 2.24) is 5.32 Å². The van der Waals surface area contributed by atoms with Crippen LogP contribution in [-0.4, -0.2) is 31.5 Å². The third kappa shape index (κ3) is 5.53. The Kier molecular flexibility index (Phi) is 6.39. The molecule has 0 aromatic heterocycles. The fourth-order valence-electron chi connectivity index (χ4n) is 2.22. The Morgan fingerprint density at radius 2 is 1.72 bits per heavy atom. The van der Waals surface area contributed by atoms with E-state index in [1.165, 1.54) is 0 Å². The molecule has 132 valence electrons. The van der Waals surface area contributed by atoms with Crippen molar-refractivity contribution in [3.05, 3.63) is 54.1 Å². The molecule has 6 heteroatoms. The number of para-hydroxylation sites is 2. The number of rotatable bonds is 7. The summed E-state index contributed by atoms with van der Waals surface area (Å²) >= 11 is 0. The summed E-state index contributed by atoms with van der Waals surface area (Å²) in [5, 5.41) is 8.64. The van der Waals surface area contributed by atoms with Crippen molar-refractivity contribution in [3.8, 4) is 5.75 Å². The molecule has 25 heavy (non-hydrogen) atoms. The summed E-state index contributed by atoms with van der Waals surface area (Å²) in [6.45, 7) is 3.92. The summed E-state index contributed by atoms with van der Waals surface area (Å²) in [6, 6.07) is 14.2. The Balaban J connectivity index is 1.89. The van der Waals surface area contributed by atoms with Crippen molar-refractivity contribution < 1.29 is 14.3 Å². The minimum Gasteiger partial charge on any atom is -0.495 e. The van der Waals surface area contributed by atoms with Crippen LogP contribution in [0.25, 0.3) is 0 Å². The van der Waals surface area contributed by atoms with Crippen LogP contribution in [0.1, 0.15) is 24.2 Å². The van der Waals surface area contributed by atoms with E-state index < -0.39 is 0 Å². The number of hydrogen-bond donors (Lipinski definition) is 3. The van der Waals surface area contributed by atoms with Gasteiger partial charge in [0, 0.05) is 17.3 Å². The van der Waals surface area contributed by atoms with Crippen molar-refractivity contribution in [2.24, 2.45) is 0 Å². The molecular weight excluding hydrogens is 318 g/mol. The van der Waals surface area contributed by atoms with Crippen LogP contribution < -0.4 is 20.7 Å². The second-order valence-corrected chi connectivity index (χ2v) is 5.81. The maximum Gasteiger partial charge on any atom is 0.251 e. The molecular formula is C19H23N3O3. The number of anilines is 2. The molecule has 0 aliphatic rings. The van der Waals surface area contributed by atoms with Gasteiger partial charge in [0.15, 0.2) is 0 Å². The van der Waals surface area contributed by atoms with Crippen LogP contribution in [0.4, 0.5) is 11.4 Å². The van der Waals surface area contributed by atoms with E-state index in [-0.39, 0.29) is 24.4 Å². The van der Waals surface area contributed by atoms with E-state index in [0.29, 0.717) is 17.0 Å². The highest BCUT2D eigenvalue weighted by Crippen LogP contribution is 2.22. The van der Waals surface area contributed by atoms with Crippen LogP contribution in [0.2, 0.25) is 0 Å². The van der Waals surface area contributed by atoms with Crippen molar-refractivity contribution in [1.29, 1.82) is 0 Å².